The van der Waals surface area contributed by atoms with Crippen LogP contribution in [-0.4, -0.2) is 22.5 Å². The van der Waals surface area contributed by atoms with Gasteiger partial charge in [-0.25, -0.2) is 0 Å². The normalized spacial score (nSPS) is 11.2. The van der Waals surface area contributed by atoms with Crippen molar-refractivity contribution in [2.24, 2.45) is 5.16 Å². The van der Waals surface area contributed by atoms with E-state index in [9.17, 15) is 9.59 Å². The molecule has 0 saturated heterocycles. The minimum absolute atomic E-state index is 0.0601. The summed E-state index contributed by atoms with van der Waals surface area (Å²) in [5.74, 6) is -0.577. The summed E-state index contributed by atoms with van der Waals surface area (Å²) in [5.41, 5.74) is 0.458. The molecule has 0 atom stereocenters. The lowest BCUT2D eigenvalue weighted by molar-refractivity contribution is -0.124. The van der Waals surface area contributed by atoms with Gasteiger partial charge in [0, 0.05) is 12.0 Å². The molecule has 0 aromatic heterocycles. The number of Topliss-reactive ketones (excluding diaryl/α,β-unsaturated/α-hetero) is 2. The van der Waals surface area contributed by atoms with E-state index >= 15 is 0 Å². The van der Waals surface area contributed by atoms with Crippen LogP contribution in [0.15, 0.2) is 35.5 Å². The van der Waals surface area contributed by atoms with Gasteiger partial charge in [-0.3, -0.25) is 9.59 Å². The third kappa shape index (κ3) is 3.83. The predicted molar refractivity (Wildman–Crippen MR) is 64.3 cm³/mol. The molecule has 0 heterocycles. The van der Waals surface area contributed by atoms with E-state index in [2.05, 4.69) is 5.16 Å². The maximum absolute atomic E-state index is 11.7. The van der Waals surface area contributed by atoms with Gasteiger partial charge >= 0.3 is 0 Å². The van der Waals surface area contributed by atoms with Gasteiger partial charge in [-0.05, 0) is 6.42 Å². The second-order valence-corrected chi connectivity index (χ2v) is 3.70. The molecule has 0 aliphatic rings. The van der Waals surface area contributed by atoms with Crippen molar-refractivity contribution in [1.29, 1.82) is 0 Å². The number of oxime groups is 1. The molecule has 0 spiro atoms. The van der Waals surface area contributed by atoms with Crippen LogP contribution in [0, 0.1) is 0 Å². The Kier molecular flexibility index (Phi) is 5.07. The van der Waals surface area contributed by atoms with Crippen molar-refractivity contribution >= 4 is 17.3 Å². The first-order valence-corrected chi connectivity index (χ1v) is 5.51. The summed E-state index contributed by atoms with van der Waals surface area (Å²) in [4.78, 5) is 23.1. The molecule has 4 nitrogen and oxygen atoms in total. The largest absolute Gasteiger partial charge is 0.410 e. The number of carbonyl (C=O) groups is 2. The third-order valence-corrected chi connectivity index (χ3v) is 2.30. The SMILES string of the molecule is CCCC(=O)CC(=O)C(=NO)c1ccccc1. The quantitative estimate of drug-likeness (QED) is 0.354. The summed E-state index contributed by atoms with van der Waals surface area (Å²) >= 11 is 0. The predicted octanol–water partition coefficient (Wildman–Crippen LogP) is 2.19. The topological polar surface area (TPSA) is 66.7 Å². The first-order valence-electron chi connectivity index (χ1n) is 5.51. The average molecular weight is 233 g/mol. The third-order valence-electron chi connectivity index (χ3n) is 2.30. The van der Waals surface area contributed by atoms with Crippen molar-refractivity contribution in [2.75, 3.05) is 0 Å². The zero-order chi connectivity index (χ0) is 12.7. The van der Waals surface area contributed by atoms with Crippen LogP contribution in [-0.2, 0) is 9.59 Å². The maximum atomic E-state index is 11.7. The lowest BCUT2D eigenvalue weighted by Gasteiger charge is -2.02. The van der Waals surface area contributed by atoms with Crippen LogP contribution in [0.5, 0.6) is 0 Å². The monoisotopic (exact) mass is 233 g/mol. The van der Waals surface area contributed by atoms with Crippen molar-refractivity contribution in [3.05, 3.63) is 35.9 Å². The van der Waals surface area contributed by atoms with Crippen molar-refractivity contribution in [1.82, 2.24) is 0 Å². The molecule has 0 amide bonds. The molecule has 4 heteroatoms. The molecular weight excluding hydrogens is 218 g/mol. The standard InChI is InChI=1S/C13H15NO3/c1-2-6-11(15)9-12(16)13(14-17)10-7-4-3-5-8-10/h3-5,7-8,17H,2,6,9H2,1H3. The lowest BCUT2D eigenvalue weighted by Crippen LogP contribution is -2.19. The number of carbonyl (C=O) groups excluding carboxylic acids is 2. The van der Waals surface area contributed by atoms with Gasteiger partial charge in [-0.15, -0.1) is 0 Å². The highest BCUT2D eigenvalue weighted by atomic mass is 16.4. The number of rotatable bonds is 6. The minimum atomic E-state index is -0.447. The van der Waals surface area contributed by atoms with Crippen LogP contribution in [0.25, 0.3) is 0 Å². The van der Waals surface area contributed by atoms with E-state index in [0.717, 1.165) is 0 Å². The Morgan fingerprint density at radius 3 is 2.41 bits per heavy atom. The molecule has 90 valence electrons. The first-order chi connectivity index (χ1) is 8.19. The average Bonchev–Trinajstić information content (AvgIpc) is 2.31. The fourth-order valence-electron chi connectivity index (χ4n) is 1.50. The van der Waals surface area contributed by atoms with E-state index in [-0.39, 0.29) is 17.9 Å². The Morgan fingerprint density at radius 1 is 1.24 bits per heavy atom. The molecule has 0 saturated carbocycles. The Labute approximate surface area is 100.0 Å². The summed E-state index contributed by atoms with van der Waals surface area (Å²) in [6, 6.07) is 8.60. The van der Waals surface area contributed by atoms with Crippen molar-refractivity contribution < 1.29 is 14.8 Å². The fraction of sp³-hybridized carbons (Fsp3) is 0.308. The van der Waals surface area contributed by atoms with Gasteiger partial charge in [0.1, 0.15) is 5.78 Å². The summed E-state index contributed by atoms with van der Waals surface area (Å²) in [5, 5.41) is 11.8. The molecule has 0 unspecified atom stereocenters. The highest BCUT2D eigenvalue weighted by molar-refractivity contribution is 6.48. The van der Waals surface area contributed by atoms with Gasteiger partial charge in [0.05, 0.1) is 6.42 Å². The zero-order valence-corrected chi connectivity index (χ0v) is 9.72. The highest BCUT2D eigenvalue weighted by Gasteiger charge is 2.17. The molecule has 17 heavy (non-hydrogen) atoms. The number of benzene rings is 1. The molecule has 0 aliphatic carbocycles. The Balaban J connectivity index is 2.77. The van der Waals surface area contributed by atoms with Crippen LogP contribution in [0.2, 0.25) is 0 Å². The molecule has 1 rings (SSSR count). The van der Waals surface area contributed by atoms with Gasteiger partial charge < -0.3 is 5.21 Å². The van der Waals surface area contributed by atoms with Gasteiger partial charge in [-0.2, -0.15) is 0 Å². The number of ketones is 2. The van der Waals surface area contributed by atoms with E-state index in [0.29, 0.717) is 18.4 Å². The Bertz CT molecular complexity index is 424. The molecule has 0 radical (unpaired) electrons. The number of hydrogen-bond acceptors (Lipinski definition) is 4. The molecule has 1 N–H and O–H groups in total. The van der Waals surface area contributed by atoms with Crippen LogP contribution in [0.4, 0.5) is 0 Å². The van der Waals surface area contributed by atoms with E-state index in [1.165, 1.54) is 0 Å². The molecule has 1 aromatic rings. The van der Waals surface area contributed by atoms with Gasteiger partial charge in [0.2, 0.25) is 0 Å². The second kappa shape index (κ2) is 6.58. The lowest BCUT2D eigenvalue weighted by atomic mass is 10.0. The van der Waals surface area contributed by atoms with Gasteiger partial charge in [-0.1, -0.05) is 42.4 Å². The van der Waals surface area contributed by atoms with Crippen LogP contribution < -0.4 is 0 Å². The maximum Gasteiger partial charge on any atom is 0.192 e. The summed E-state index contributed by atoms with van der Waals surface area (Å²) in [7, 11) is 0. The fourth-order valence-corrected chi connectivity index (χ4v) is 1.50. The summed E-state index contributed by atoms with van der Waals surface area (Å²) < 4.78 is 0. The number of hydrogen-bond donors (Lipinski definition) is 1. The summed E-state index contributed by atoms with van der Waals surface area (Å²) in [6.07, 6.45) is 0.879. The highest BCUT2D eigenvalue weighted by Crippen LogP contribution is 2.05. The zero-order valence-electron chi connectivity index (χ0n) is 9.72. The minimum Gasteiger partial charge on any atom is -0.410 e. The van der Waals surface area contributed by atoms with E-state index < -0.39 is 5.78 Å². The van der Waals surface area contributed by atoms with Crippen molar-refractivity contribution in [2.45, 2.75) is 26.2 Å². The van der Waals surface area contributed by atoms with E-state index in [1.54, 1.807) is 30.3 Å². The first kappa shape index (κ1) is 13.1. The molecular formula is C13H15NO3. The van der Waals surface area contributed by atoms with Crippen molar-refractivity contribution in [3.8, 4) is 0 Å². The molecule has 0 aliphatic heterocycles. The second-order valence-electron chi connectivity index (χ2n) is 3.70. The van der Waals surface area contributed by atoms with Crippen molar-refractivity contribution in [3.63, 3.8) is 0 Å². The molecule has 0 bridgehead atoms. The molecule has 1 aromatic carbocycles. The number of nitrogens with zero attached hydrogens (tertiary/aromatic N) is 1. The van der Waals surface area contributed by atoms with Crippen LogP contribution in [0.1, 0.15) is 31.7 Å². The Hall–Kier alpha value is -1.97. The van der Waals surface area contributed by atoms with Crippen LogP contribution in [0.3, 0.4) is 0 Å². The van der Waals surface area contributed by atoms with Gasteiger partial charge in [0.15, 0.2) is 11.5 Å². The van der Waals surface area contributed by atoms with E-state index in [4.69, 9.17) is 5.21 Å². The van der Waals surface area contributed by atoms with E-state index in [1.807, 2.05) is 6.92 Å². The Morgan fingerprint density at radius 2 is 1.88 bits per heavy atom. The van der Waals surface area contributed by atoms with Gasteiger partial charge in [0.25, 0.3) is 0 Å². The smallest absolute Gasteiger partial charge is 0.192 e. The van der Waals surface area contributed by atoms with Crippen LogP contribution >= 0.6 is 0 Å². The molecule has 0 fully saturated rings. The summed E-state index contributed by atoms with van der Waals surface area (Å²) in [6.45, 7) is 1.88.